The Bertz CT molecular complexity index is 132. The Morgan fingerprint density at radius 1 is 0.667 bits per heavy atom. The highest BCUT2D eigenvalue weighted by Crippen LogP contribution is 2.46. The minimum atomic E-state index is 1.03. The molecule has 0 heteroatoms. The summed E-state index contributed by atoms with van der Waals surface area (Å²) in [7, 11) is 0. The van der Waals surface area contributed by atoms with Crippen LogP contribution >= 0.6 is 0 Å². The fourth-order valence-electron chi connectivity index (χ4n) is 3.62. The molecule has 2 aliphatic carbocycles. The third-order valence-corrected chi connectivity index (χ3v) is 4.41. The molecule has 0 unspecified atom stereocenters. The van der Waals surface area contributed by atoms with Crippen LogP contribution in [0.15, 0.2) is 0 Å². The van der Waals surface area contributed by atoms with E-state index in [1.165, 1.54) is 38.5 Å². The third kappa shape index (κ3) is 1.41. The van der Waals surface area contributed by atoms with Crippen LogP contribution in [-0.2, 0) is 0 Å². The van der Waals surface area contributed by atoms with Crippen LogP contribution in [0.1, 0.15) is 52.4 Å². The van der Waals surface area contributed by atoms with E-state index in [1.807, 2.05) is 0 Å². The number of hydrogen-bond donors (Lipinski definition) is 0. The third-order valence-electron chi connectivity index (χ3n) is 4.41. The average Bonchev–Trinajstić information content (AvgIpc) is 2.07. The van der Waals surface area contributed by atoms with Crippen LogP contribution in [0.3, 0.4) is 0 Å². The molecule has 2 fully saturated rings. The van der Waals surface area contributed by atoms with Gasteiger partial charge in [0.2, 0.25) is 0 Å². The molecule has 12 heavy (non-hydrogen) atoms. The fraction of sp³-hybridized carbons (Fsp3) is 1.00. The summed E-state index contributed by atoms with van der Waals surface area (Å²) >= 11 is 0. The van der Waals surface area contributed by atoms with E-state index in [0.717, 1.165) is 23.7 Å². The van der Waals surface area contributed by atoms with Gasteiger partial charge >= 0.3 is 0 Å². The predicted octanol–water partition coefficient (Wildman–Crippen LogP) is 3.86. The van der Waals surface area contributed by atoms with Crippen molar-refractivity contribution in [3.8, 4) is 0 Å². The van der Waals surface area contributed by atoms with E-state index in [0.29, 0.717) is 0 Å². The lowest BCUT2D eigenvalue weighted by Crippen LogP contribution is -2.34. The van der Waals surface area contributed by atoms with Crippen LogP contribution in [0, 0.1) is 23.7 Å². The molecule has 0 aromatic heterocycles. The van der Waals surface area contributed by atoms with Gasteiger partial charge in [0.25, 0.3) is 0 Å². The van der Waals surface area contributed by atoms with Crippen LogP contribution in [0.5, 0.6) is 0 Å². The first-order valence-electron chi connectivity index (χ1n) is 5.79. The van der Waals surface area contributed by atoms with Gasteiger partial charge in [-0.2, -0.15) is 0 Å². The summed E-state index contributed by atoms with van der Waals surface area (Å²) in [6, 6.07) is 0. The SMILES string of the molecule is C[C@@H]1CCC[C@H]2[C@H]1CCC[C@H]2C. The predicted molar refractivity (Wildman–Crippen MR) is 53.0 cm³/mol. The molecule has 2 rings (SSSR count). The maximum absolute atomic E-state index is 2.48. The first-order chi connectivity index (χ1) is 5.79. The molecule has 0 amide bonds. The van der Waals surface area contributed by atoms with Crippen molar-refractivity contribution in [3.05, 3.63) is 0 Å². The van der Waals surface area contributed by atoms with Crippen molar-refractivity contribution >= 4 is 0 Å². The molecule has 0 nitrogen and oxygen atoms in total. The molecule has 0 spiro atoms. The molecule has 2 aliphatic rings. The molecule has 0 bridgehead atoms. The number of fused-ring (bicyclic) bond motifs is 1. The molecule has 0 heterocycles. The summed E-state index contributed by atoms with van der Waals surface area (Å²) in [5, 5.41) is 0. The van der Waals surface area contributed by atoms with E-state index in [-0.39, 0.29) is 0 Å². The van der Waals surface area contributed by atoms with E-state index in [9.17, 15) is 0 Å². The van der Waals surface area contributed by atoms with Crippen molar-refractivity contribution in [2.75, 3.05) is 0 Å². The van der Waals surface area contributed by atoms with Crippen molar-refractivity contribution in [1.82, 2.24) is 0 Å². The van der Waals surface area contributed by atoms with Gasteiger partial charge in [-0.3, -0.25) is 0 Å². The zero-order valence-electron chi connectivity index (χ0n) is 8.55. The Balaban J connectivity index is 2.05. The summed E-state index contributed by atoms with van der Waals surface area (Å²) in [5.74, 6) is 4.27. The Morgan fingerprint density at radius 2 is 1.08 bits per heavy atom. The topological polar surface area (TPSA) is 0 Å². The van der Waals surface area contributed by atoms with E-state index in [2.05, 4.69) is 13.8 Å². The molecule has 0 saturated heterocycles. The monoisotopic (exact) mass is 166 g/mol. The van der Waals surface area contributed by atoms with Crippen molar-refractivity contribution in [2.24, 2.45) is 23.7 Å². The highest BCUT2D eigenvalue weighted by Gasteiger charge is 2.35. The van der Waals surface area contributed by atoms with Crippen molar-refractivity contribution < 1.29 is 0 Å². The minimum Gasteiger partial charge on any atom is -0.0622 e. The van der Waals surface area contributed by atoms with E-state index < -0.39 is 0 Å². The van der Waals surface area contributed by atoms with Gasteiger partial charge in [0.05, 0.1) is 0 Å². The second kappa shape index (κ2) is 3.40. The molecular weight excluding hydrogens is 144 g/mol. The first-order valence-corrected chi connectivity index (χ1v) is 5.79. The van der Waals surface area contributed by atoms with Crippen molar-refractivity contribution in [1.29, 1.82) is 0 Å². The Hall–Kier alpha value is 0. The molecule has 0 N–H and O–H groups in total. The highest BCUT2D eigenvalue weighted by molar-refractivity contribution is 4.86. The van der Waals surface area contributed by atoms with Crippen LogP contribution in [0.25, 0.3) is 0 Å². The smallest absolute Gasteiger partial charge is 0.0358 e. The fourth-order valence-corrected chi connectivity index (χ4v) is 3.62. The molecule has 70 valence electrons. The standard InChI is InChI=1S/C12H22/c1-9-5-3-8-12-10(2)6-4-7-11(9)12/h9-12H,3-8H2,1-2H3/t9-,10-,11-,12+/m1/s1. The summed E-state index contributed by atoms with van der Waals surface area (Å²) in [5.41, 5.74) is 0. The molecule has 0 aliphatic heterocycles. The van der Waals surface area contributed by atoms with Gasteiger partial charge in [0.1, 0.15) is 0 Å². The lowest BCUT2D eigenvalue weighted by molar-refractivity contribution is 0.0702. The van der Waals surface area contributed by atoms with Crippen LogP contribution < -0.4 is 0 Å². The number of hydrogen-bond acceptors (Lipinski definition) is 0. The van der Waals surface area contributed by atoms with Gasteiger partial charge in [0.15, 0.2) is 0 Å². The average molecular weight is 166 g/mol. The van der Waals surface area contributed by atoms with Gasteiger partial charge < -0.3 is 0 Å². The summed E-state index contributed by atoms with van der Waals surface area (Å²) < 4.78 is 0. The zero-order valence-corrected chi connectivity index (χ0v) is 8.55. The van der Waals surface area contributed by atoms with E-state index >= 15 is 0 Å². The van der Waals surface area contributed by atoms with Crippen LogP contribution in [-0.4, -0.2) is 0 Å². The van der Waals surface area contributed by atoms with Gasteiger partial charge in [-0.1, -0.05) is 39.5 Å². The molecule has 2 saturated carbocycles. The quantitative estimate of drug-likeness (QED) is 0.512. The summed E-state index contributed by atoms with van der Waals surface area (Å²) in [6.07, 6.45) is 9.10. The number of rotatable bonds is 0. The Morgan fingerprint density at radius 3 is 1.50 bits per heavy atom. The maximum atomic E-state index is 2.48. The molecule has 0 aromatic carbocycles. The van der Waals surface area contributed by atoms with Gasteiger partial charge in [-0.15, -0.1) is 0 Å². The van der Waals surface area contributed by atoms with Gasteiger partial charge in [-0.25, -0.2) is 0 Å². The highest BCUT2D eigenvalue weighted by atomic mass is 14.4. The molecule has 0 aromatic rings. The second-order valence-electron chi connectivity index (χ2n) is 5.14. The van der Waals surface area contributed by atoms with Crippen molar-refractivity contribution in [3.63, 3.8) is 0 Å². The van der Waals surface area contributed by atoms with E-state index in [1.54, 1.807) is 0 Å². The Labute approximate surface area is 76.7 Å². The van der Waals surface area contributed by atoms with Gasteiger partial charge in [-0.05, 0) is 36.5 Å². The van der Waals surface area contributed by atoms with Crippen LogP contribution in [0.2, 0.25) is 0 Å². The molecular formula is C12H22. The summed E-state index contributed by atoms with van der Waals surface area (Å²) in [6.45, 7) is 4.96. The van der Waals surface area contributed by atoms with Crippen molar-refractivity contribution in [2.45, 2.75) is 52.4 Å². The summed E-state index contributed by atoms with van der Waals surface area (Å²) in [4.78, 5) is 0. The van der Waals surface area contributed by atoms with E-state index in [4.69, 9.17) is 0 Å². The lowest BCUT2D eigenvalue weighted by atomic mass is 9.62. The lowest BCUT2D eigenvalue weighted by Gasteiger charge is -2.43. The zero-order chi connectivity index (χ0) is 8.55. The largest absolute Gasteiger partial charge is 0.0622 e. The Kier molecular flexibility index (Phi) is 2.43. The maximum Gasteiger partial charge on any atom is -0.0358 e. The van der Waals surface area contributed by atoms with Gasteiger partial charge in [0, 0.05) is 0 Å². The minimum absolute atomic E-state index is 1.03. The van der Waals surface area contributed by atoms with Crippen LogP contribution in [0.4, 0.5) is 0 Å². The molecule has 4 atom stereocenters. The normalized spacial score (nSPS) is 48.5. The second-order valence-corrected chi connectivity index (χ2v) is 5.14. The molecule has 0 radical (unpaired) electrons. The first kappa shape index (κ1) is 8.59.